The van der Waals surface area contributed by atoms with Crippen molar-refractivity contribution >= 4 is 38.6 Å². The van der Waals surface area contributed by atoms with Gasteiger partial charge in [-0.25, -0.2) is 17.7 Å². The van der Waals surface area contributed by atoms with Crippen LogP contribution >= 0.6 is 11.6 Å². The summed E-state index contributed by atoms with van der Waals surface area (Å²) in [5, 5.41) is 3.63. The molecule has 0 unspecified atom stereocenters. The first-order valence-corrected chi connectivity index (χ1v) is 12.0. The van der Waals surface area contributed by atoms with E-state index in [1.54, 1.807) is 18.2 Å². The van der Waals surface area contributed by atoms with Gasteiger partial charge >= 0.3 is 0 Å². The van der Waals surface area contributed by atoms with Crippen molar-refractivity contribution in [2.45, 2.75) is 37.6 Å². The summed E-state index contributed by atoms with van der Waals surface area (Å²) in [6.07, 6.45) is 1.53. The molecule has 0 bridgehead atoms. The molecular weight excluding hydrogens is 436 g/mol. The van der Waals surface area contributed by atoms with Crippen LogP contribution in [0.2, 0.25) is 5.02 Å². The van der Waals surface area contributed by atoms with Gasteiger partial charge in [-0.3, -0.25) is 4.79 Å². The van der Waals surface area contributed by atoms with E-state index in [0.717, 1.165) is 23.3 Å². The van der Waals surface area contributed by atoms with Crippen molar-refractivity contribution in [3.63, 3.8) is 0 Å². The summed E-state index contributed by atoms with van der Waals surface area (Å²) in [5.41, 5.74) is 2.59. The second-order valence-corrected chi connectivity index (χ2v) is 10.0. The Hall–Kier alpha value is -2.42. The van der Waals surface area contributed by atoms with Gasteiger partial charge < -0.3 is 9.88 Å². The quantitative estimate of drug-likeness (QED) is 0.529. The zero-order valence-electron chi connectivity index (χ0n) is 17.9. The molecule has 3 rings (SSSR count). The van der Waals surface area contributed by atoms with Gasteiger partial charge in [0.15, 0.2) is 0 Å². The Morgan fingerprint density at radius 2 is 1.84 bits per heavy atom. The van der Waals surface area contributed by atoms with E-state index in [0.29, 0.717) is 36.5 Å². The van der Waals surface area contributed by atoms with Gasteiger partial charge in [0, 0.05) is 45.0 Å². The van der Waals surface area contributed by atoms with Crippen molar-refractivity contribution in [3.05, 3.63) is 58.9 Å². The van der Waals surface area contributed by atoms with E-state index >= 15 is 0 Å². The van der Waals surface area contributed by atoms with Crippen molar-refractivity contribution in [2.75, 3.05) is 20.6 Å². The van der Waals surface area contributed by atoms with Crippen molar-refractivity contribution in [2.24, 2.45) is 0 Å². The molecule has 0 aliphatic rings. The average molecular weight is 463 g/mol. The van der Waals surface area contributed by atoms with Gasteiger partial charge in [-0.15, -0.1) is 0 Å². The Kier molecular flexibility index (Phi) is 7.35. The van der Waals surface area contributed by atoms with Crippen LogP contribution in [0.3, 0.4) is 0 Å². The first-order chi connectivity index (χ1) is 14.7. The number of amides is 1. The third-order valence-electron chi connectivity index (χ3n) is 5.12. The molecule has 7 nitrogen and oxygen atoms in total. The molecule has 3 aromatic rings. The van der Waals surface area contributed by atoms with Crippen LogP contribution in [-0.4, -0.2) is 48.8 Å². The number of sulfonamides is 1. The fourth-order valence-corrected chi connectivity index (χ4v) is 4.43. The summed E-state index contributed by atoms with van der Waals surface area (Å²) in [7, 11) is -0.525. The fourth-order valence-electron chi connectivity index (χ4n) is 3.39. The van der Waals surface area contributed by atoms with Gasteiger partial charge in [0.1, 0.15) is 5.82 Å². The number of carbonyl (C=O) groups is 1. The number of aromatic nitrogens is 2. The molecule has 1 amide bonds. The molecular formula is C22H27ClN4O3S. The van der Waals surface area contributed by atoms with Gasteiger partial charge in [-0.2, -0.15) is 0 Å². The Balaban J connectivity index is 1.65. The highest BCUT2D eigenvalue weighted by atomic mass is 35.5. The van der Waals surface area contributed by atoms with Crippen LogP contribution in [0.1, 0.15) is 24.7 Å². The zero-order chi connectivity index (χ0) is 22.6. The lowest BCUT2D eigenvalue weighted by atomic mass is 10.1. The molecule has 0 radical (unpaired) electrons. The minimum atomic E-state index is -3.53. The zero-order valence-corrected chi connectivity index (χ0v) is 19.5. The third kappa shape index (κ3) is 5.44. The summed E-state index contributed by atoms with van der Waals surface area (Å²) < 4.78 is 28.0. The number of aryl methyl sites for hydroxylation is 2. The van der Waals surface area contributed by atoms with Gasteiger partial charge in [-0.1, -0.05) is 23.7 Å². The number of halogens is 1. The molecule has 0 saturated carbocycles. The Bertz CT molecular complexity index is 1170. The van der Waals surface area contributed by atoms with E-state index in [2.05, 4.69) is 10.3 Å². The molecule has 166 valence electrons. The maximum absolute atomic E-state index is 12.4. The Morgan fingerprint density at radius 3 is 2.48 bits per heavy atom. The van der Waals surface area contributed by atoms with E-state index in [1.165, 1.54) is 18.4 Å². The molecule has 9 heteroatoms. The third-order valence-corrected chi connectivity index (χ3v) is 7.18. The molecule has 0 spiro atoms. The number of nitrogens with one attached hydrogen (secondary N) is 1. The monoisotopic (exact) mass is 462 g/mol. The summed E-state index contributed by atoms with van der Waals surface area (Å²) in [5.74, 6) is 0.726. The van der Waals surface area contributed by atoms with Crippen molar-refractivity contribution in [3.8, 4) is 0 Å². The highest BCUT2D eigenvalue weighted by Gasteiger charge is 2.19. The molecule has 2 aromatic carbocycles. The lowest BCUT2D eigenvalue weighted by molar-refractivity contribution is -0.121. The average Bonchev–Trinajstić information content (AvgIpc) is 3.10. The minimum absolute atomic E-state index is 0.0421. The molecule has 0 saturated heterocycles. The van der Waals surface area contributed by atoms with E-state index in [-0.39, 0.29) is 10.8 Å². The topological polar surface area (TPSA) is 84.3 Å². The van der Waals surface area contributed by atoms with E-state index in [1.807, 2.05) is 35.8 Å². The van der Waals surface area contributed by atoms with E-state index < -0.39 is 10.0 Å². The molecule has 1 aromatic heterocycles. The van der Waals surface area contributed by atoms with Crippen LogP contribution < -0.4 is 5.32 Å². The van der Waals surface area contributed by atoms with Crippen LogP contribution in [0.25, 0.3) is 11.0 Å². The largest absolute Gasteiger partial charge is 0.356 e. The van der Waals surface area contributed by atoms with E-state index in [4.69, 9.17) is 11.6 Å². The molecule has 0 fully saturated rings. The number of hydrogen-bond acceptors (Lipinski definition) is 4. The Morgan fingerprint density at radius 1 is 1.13 bits per heavy atom. The molecule has 0 aliphatic carbocycles. The van der Waals surface area contributed by atoms with Gasteiger partial charge in [0.05, 0.1) is 15.9 Å². The van der Waals surface area contributed by atoms with Crippen LogP contribution in [0.15, 0.2) is 47.4 Å². The Labute approximate surface area is 188 Å². The molecule has 0 aliphatic heterocycles. The van der Waals surface area contributed by atoms with Crippen LogP contribution in [0.4, 0.5) is 0 Å². The fraction of sp³-hybridized carbons (Fsp3) is 0.364. The van der Waals surface area contributed by atoms with Gasteiger partial charge in [0.25, 0.3) is 0 Å². The van der Waals surface area contributed by atoms with Gasteiger partial charge in [-0.05, 0) is 49.2 Å². The lowest BCUT2D eigenvalue weighted by Crippen LogP contribution is -2.26. The predicted molar refractivity (Wildman–Crippen MR) is 123 cm³/mol. The van der Waals surface area contributed by atoms with Crippen molar-refractivity contribution < 1.29 is 13.2 Å². The maximum atomic E-state index is 12.4. The predicted octanol–water partition coefficient (Wildman–Crippen LogP) is 3.25. The molecule has 31 heavy (non-hydrogen) atoms. The summed E-state index contributed by atoms with van der Waals surface area (Å²) in [6, 6.07) is 12.5. The number of benzene rings is 2. The summed E-state index contributed by atoms with van der Waals surface area (Å²) in [6.45, 7) is 3.24. The number of nitrogens with zero attached hydrogens (tertiary/aromatic N) is 3. The standard InChI is InChI=1S/C22H27ClN4O3S/c1-4-27-20-10-9-18(31(29,30)26(2)3)15-19(20)25-21(27)11-12-22(28)24-14-13-16-5-7-17(23)8-6-16/h5-10,15H,4,11-14H2,1-3H3,(H,24,28). The lowest BCUT2D eigenvalue weighted by Gasteiger charge is -2.11. The number of rotatable bonds is 9. The second kappa shape index (κ2) is 9.80. The highest BCUT2D eigenvalue weighted by Crippen LogP contribution is 2.22. The molecule has 0 atom stereocenters. The minimum Gasteiger partial charge on any atom is -0.356 e. The highest BCUT2D eigenvalue weighted by molar-refractivity contribution is 7.89. The smallest absolute Gasteiger partial charge is 0.242 e. The molecule has 1 N–H and O–H groups in total. The number of fused-ring (bicyclic) bond motifs is 1. The van der Waals surface area contributed by atoms with Crippen molar-refractivity contribution in [1.29, 1.82) is 0 Å². The van der Waals surface area contributed by atoms with Crippen LogP contribution in [0.5, 0.6) is 0 Å². The second-order valence-electron chi connectivity index (χ2n) is 7.44. The SMILES string of the molecule is CCn1c(CCC(=O)NCCc2ccc(Cl)cc2)nc2cc(S(=O)(=O)N(C)C)ccc21. The van der Waals surface area contributed by atoms with E-state index in [9.17, 15) is 13.2 Å². The van der Waals surface area contributed by atoms with Crippen molar-refractivity contribution in [1.82, 2.24) is 19.2 Å². The van der Waals surface area contributed by atoms with Crippen LogP contribution in [-0.2, 0) is 34.2 Å². The first kappa shape index (κ1) is 23.2. The summed E-state index contributed by atoms with van der Waals surface area (Å²) in [4.78, 5) is 17.1. The number of carbonyl (C=O) groups excluding carboxylic acids is 1. The van der Waals surface area contributed by atoms with Crippen LogP contribution in [0, 0.1) is 0 Å². The molecule has 1 heterocycles. The van der Waals surface area contributed by atoms with Gasteiger partial charge in [0.2, 0.25) is 15.9 Å². The number of imidazole rings is 1. The summed E-state index contributed by atoms with van der Waals surface area (Å²) >= 11 is 5.88. The normalized spacial score (nSPS) is 11.9. The number of hydrogen-bond donors (Lipinski definition) is 1. The first-order valence-electron chi connectivity index (χ1n) is 10.1. The maximum Gasteiger partial charge on any atom is 0.242 e.